The van der Waals surface area contributed by atoms with Crippen LogP contribution in [0, 0.1) is 11.8 Å². The number of aromatic nitrogens is 3. The molecule has 1 amide bonds. The molecule has 2 fully saturated rings. The lowest BCUT2D eigenvalue weighted by atomic mass is 9.88. The molecule has 0 radical (unpaired) electrons. The summed E-state index contributed by atoms with van der Waals surface area (Å²) in [7, 11) is 0. The summed E-state index contributed by atoms with van der Waals surface area (Å²) in [5.74, 6) is 1.25. The van der Waals surface area contributed by atoms with Crippen molar-refractivity contribution in [1.29, 1.82) is 0 Å². The molecule has 2 aromatic rings. The number of rotatable bonds is 3. The molecular weight excluding hydrogens is 302 g/mol. The first-order valence-electron chi connectivity index (χ1n) is 8.46. The topological polar surface area (TPSA) is 62.2 Å². The zero-order chi connectivity index (χ0) is 16.4. The van der Waals surface area contributed by atoms with E-state index in [-0.39, 0.29) is 5.91 Å². The number of likely N-dealkylation sites (tertiary alicyclic amines) is 2. The lowest BCUT2D eigenvalue weighted by Crippen LogP contribution is -2.43. The van der Waals surface area contributed by atoms with Crippen LogP contribution in [-0.2, 0) is 6.54 Å². The van der Waals surface area contributed by atoms with Crippen molar-refractivity contribution in [3.8, 4) is 0 Å². The van der Waals surface area contributed by atoms with Crippen molar-refractivity contribution < 1.29 is 4.79 Å². The molecule has 0 aliphatic carbocycles. The SMILES string of the molecule is O=C(c1cnccn1)N1CC[C@H]2CN(Cc3cccnc3)C[C@H]2C1. The summed E-state index contributed by atoms with van der Waals surface area (Å²) >= 11 is 0. The first kappa shape index (κ1) is 15.2. The lowest BCUT2D eigenvalue weighted by Gasteiger charge is -2.34. The third-order valence-corrected chi connectivity index (χ3v) is 5.08. The second kappa shape index (κ2) is 6.65. The van der Waals surface area contributed by atoms with Crippen molar-refractivity contribution in [3.05, 3.63) is 54.4 Å². The van der Waals surface area contributed by atoms with Gasteiger partial charge in [0.25, 0.3) is 5.91 Å². The Morgan fingerprint density at radius 1 is 1.08 bits per heavy atom. The molecule has 4 rings (SSSR count). The van der Waals surface area contributed by atoms with Gasteiger partial charge < -0.3 is 4.90 Å². The van der Waals surface area contributed by atoms with Crippen molar-refractivity contribution in [2.75, 3.05) is 26.2 Å². The van der Waals surface area contributed by atoms with Gasteiger partial charge in [-0.05, 0) is 29.9 Å². The standard InChI is InChI=1S/C18H21N5O/c24-18(17-9-20-5-6-21-17)23-7-3-15-11-22(12-16(15)13-23)10-14-2-1-4-19-8-14/h1-2,4-6,8-9,15-16H,3,7,10-13H2/t15-,16-/m0/s1. The molecule has 0 unspecified atom stereocenters. The summed E-state index contributed by atoms with van der Waals surface area (Å²) in [5, 5.41) is 0. The predicted molar refractivity (Wildman–Crippen MR) is 89.0 cm³/mol. The number of carbonyl (C=O) groups excluding carboxylic acids is 1. The molecule has 2 atom stereocenters. The van der Waals surface area contributed by atoms with Crippen LogP contribution in [0.5, 0.6) is 0 Å². The van der Waals surface area contributed by atoms with Gasteiger partial charge in [-0.3, -0.25) is 19.7 Å². The second-order valence-electron chi connectivity index (χ2n) is 6.71. The van der Waals surface area contributed by atoms with Crippen LogP contribution in [0.1, 0.15) is 22.5 Å². The van der Waals surface area contributed by atoms with Crippen molar-refractivity contribution >= 4 is 5.91 Å². The van der Waals surface area contributed by atoms with Gasteiger partial charge in [0.2, 0.25) is 0 Å². The van der Waals surface area contributed by atoms with E-state index in [2.05, 4.69) is 25.9 Å². The molecule has 0 N–H and O–H groups in total. The fourth-order valence-electron chi connectivity index (χ4n) is 3.90. The summed E-state index contributed by atoms with van der Waals surface area (Å²) in [5.41, 5.74) is 1.70. The normalized spacial score (nSPS) is 23.9. The summed E-state index contributed by atoms with van der Waals surface area (Å²) in [6.07, 6.45) is 9.54. The number of nitrogens with zero attached hydrogens (tertiary/aromatic N) is 5. The highest BCUT2D eigenvalue weighted by Crippen LogP contribution is 2.32. The molecule has 4 heterocycles. The Morgan fingerprint density at radius 2 is 1.96 bits per heavy atom. The van der Waals surface area contributed by atoms with Crippen molar-refractivity contribution in [1.82, 2.24) is 24.8 Å². The molecule has 6 nitrogen and oxygen atoms in total. The Labute approximate surface area is 141 Å². The molecule has 0 saturated carbocycles. The molecule has 0 spiro atoms. The Hall–Kier alpha value is -2.34. The highest BCUT2D eigenvalue weighted by molar-refractivity contribution is 5.92. The van der Waals surface area contributed by atoms with Gasteiger partial charge in [0.1, 0.15) is 5.69 Å². The van der Waals surface area contributed by atoms with Crippen LogP contribution in [0.4, 0.5) is 0 Å². The number of piperidine rings is 1. The first-order chi connectivity index (χ1) is 11.8. The number of fused-ring (bicyclic) bond motifs is 1. The number of amides is 1. The predicted octanol–water partition coefficient (Wildman–Crippen LogP) is 1.47. The van der Waals surface area contributed by atoms with Crippen LogP contribution in [0.25, 0.3) is 0 Å². The Bertz CT molecular complexity index is 693. The number of pyridine rings is 1. The average Bonchev–Trinajstić information content (AvgIpc) is 3.04. The second-order valence-corrected chi connectivity index (χ2v) is 6.71. The van der Waals surface area contributed by atoms with E-state index < -0.39 is 0 Å². The molecule has 2 saturated heterocycles. The van der Waals surface area contributed by atoms with E-state index in [1.54, 1.807) is 18.6 Å². The van der Waals surface area contributed by atoms with E-state index in [4.69, 9.17) is 0 Å². The largest absolute Gasteiger partial charge is 0.337 e. The van der Waals surface area contributed by atoms with E-state index in [0.29, 0.717) is 17.5 Å². The zero-order valence-electron chi connectivity index (χ0n) is 13.6. The molecule has 24 heavy (non-hydrogen) atoms. The maximum absolute atomic E-state index is 12.6. The number of hydrogen-bond donors (Lipinski definition) is 0. The maximum atomic E-state index is 12.6. The van der Waals surface area contributed by atoms with Crippen molar-refractivity contribution in [2.45, 2.75) is 13.0 Å². The summed E-state index contributed by atoms with van der Waals surface area (Å²) in [6, 6.07) is 4.11. The summed E-state index contributed by atoms with van der Waals surface area (Å²) < 4.78 is 0. The van der Waals surface area contributed by atoms with Crippen LogP contribution in [0.3, 0.4) is 0 Å². The van der Waals surface area contributed by atoms with Gasteiger partial charge in [0.15, 0.2) is 0 Å². The molecule has 2 aliphatic heterocycles. The van der Waals surface area contributed by atoms with E-state index >= 15 is 0 Å². The lowest BCUT2D eigenvalue weighted by molar-refractivity contribution is 0.0635. The van der Waals surface area contributed by atoms with E-state index in [1.165, 1.54) is 5.56 Å². The molecule has 2 aliphatic rings. The van der Waals surface area contributed by atoms with Crippen LogP contribution in [0.2, 0.25) is 0 Å². The van der Waals surface area contributed by atoms with Crippen molar-refractivity contribution in [2.24, 2.45) is 11.8 Å². The highest BCUT2D eigenvalue weighted by Gasteiger charge is 2.38. The first-order valence-corrected chi connectivity index (χ1v) is 8.46. The molecule has 0 aromatic carbocycles. The van der Waals surface area contributed by atoms with Crippen LogP contribution in [0.15, 0.2) is 43.1 Å². The van der Waals surface area contributed by atoms with E-state index in [1.807, 2.05) is 23.4 Å². The van der Waals surface area contributed by atoms with Crippen LogP contribution >= 0.6 is 0 Å². The van der Waals surface area contributed by atoms with Gasteiger partial charge in [0.05, 0.1) is 6.20 Å². The fraction of sp³-hybridized carbons (Fsp3) is 0.444. The Kier molecular flexibility index (Phi) is 4.21. The fourth-order valence-corrected chi connectivity index (χ4v) is 3.90. The minimum Gasteiger partial charge on any atom is -0.337 e. The Balaban J connectivity index is 1.38. The number of hydrogen-bond acceptors (Lipinski definition) is 5. The van der Waals surface area contributed by atoms with Gasteiger partial charge in [0, 0.05) is 57.5 Å². The molecular formula is C18H21N5O. The highest BCUT2D eigenvalue weighted by atomic mass is 16.2. The zero-order valence-corrected chi connectivity index (χ0v) is 13.6. The van der Waals surface area contributed by atoms with Crippen molar-refractivity contribution in [3.63, 3.8) is 0 Å². The van der Waals surface area contributed by atoms with Gasteiger partial charge in [-0.25, -0.2) is 4.98 Å². The van der Waals surface area contributed by atoms with Crippen LogP contribution < -0.4 is 0 Å². The summed E-state index contributed by atoms with van der Waals surface area (Å²) in [6.45, 7) is 4.75. The quantitative estimate of drug-likeness (QED) is 0.856. The maximum Gasteiger partial charge on any atom is 0.274 e. The molecule has 6 heteroatoms. The smallest absolute Gasteiger partial charge is 0.274 e. The minimum absolute atomic E-state index is 0.00672. The Morgan fingerprint density at radius 3 is 2.75 bits per heavy atom. The number of carbonyl (C=O) groups is 1. The van der Waals surface area contributed by atoms with Gasteiger partial charge in [-0.1, -0.05) is 6.07 Å². The van der Waals surface area contributed by atoms with Gasteiger partial charge in [-0.15, -0.1) is 0 Å². The summed E-state index contributed by atoms with van der Waals surface area (Å²) in [4.78, 5) is 29.3. The van der Waals surface area contributed by atoms with Gasteiger partial charge >= 0.3 is 0 Å². The van der Waals surface area contributed by atoms with E-state index in [9.17, 15) is 4.79 Å². The average molecular weight is 323 g/mol. The third kappa shape index (κ3) is 3.14. The monoisotopic (exact) mass is 323 g/mol. The minimum atomic E-state index is 0.00672. The molecule has 2 aromatic heterocycles. The van der Waals surface area contributed by atoms with E-state index in [0.717, 1.165) is 39.1 Å². The van der Waals surface area contributed by atoms with Gasteiger partial charge in [-0.2, -0.15) is 0 Å². The molecule has 0 bridgehead atoms. The third-order valence-electron chi connectivity index (χ3n) is 5.08. The van der Waals surface area contributed by atoms with Crippen LogP contribution in [-0.4, -0.2) is 56.8 Å². The molecule has 124 valence electrons.